The Hall–Kier alpha value is 1.25. The van der Waals surface area contributed by atoms with Gasteiger partial charge in [0, 0.05) is 31.2 Å². The summed E-state index contributed by atoms with van der Waals surface area (Å²) in [6.45, 7) is 0. The molecule has 0 aliphatic rings. The molecule has 0 saturated carbocycles. The van der Waals surface area contributed by atoms with Crippen LogP contribution in [0.2, 0.25) is 0 Å². The second-order valence-corrected chi connectivity index (χ2v) is 3.67. The summed E-state index contributed by atoms with van der Waals surface area (Å²) in [5, 5.41) is 0. The summed E-state index contributed by atoms with van der Waals surface area (Å²) in [6, 6.07) is 0. The number of rotatable bonds is 0. The topological polar surface area (TPSA) is 241 Å². The van der Waals surface area contributed by atoms with Crippen molar-refractivity contribution in [3.8, 4) is 0 Å². The van der Waals surface area contributed by atoms with Crippen LogP contribution in [0.3, 0.4) is 0 Å². The Kier molecular flexibility index (Phi) is 29.7. The third-order valence-corrected chi connectivity index (χ3v) is 0. The molecule has 1 radical (unpaired) electrons. The first-order valence-corrected chi connectivity index (χ1v) is 6.00. The molecule has 0 aromatic heterocycles. The summed E-state index contributed by atoms with van der Waals surface area (Å²) < 4.78 is 102. The van der Waals surface area contributed by atoms with Gasteiger partial charge in [0.25, 0.3) is 0 Å². The maximum absolute atomic E-state index is 8.52. The fraction of sp³-hybridized carbons (Fsp3) is 0. The first-order chi connectivity index (χ1) is 6.00. The molecule has 0 aliphatic heterocycles. The molecule has 0 aromatic carbocycles. The van der Waals surface area contributed by atoms with E-state index >= 15 is 0 Å². The maximum atomic E-state index is 8.52. The summed E-state index contributed by atoms with van der Waals surface area (Å²) in [6.07, 6.45) is 0. The van der Waals surface area contributed by atoms with Crippen LogP contribution in [0.15, 0.2) is 0 Å². The van der Waals surface area contributed by atoms with Crippen LogP contribution in [-0.4, -0.2) is 52.6 Å². The van der Waals surface area contributed by atoms with Crippen molar-refractivity contribution in [1.29, 1.82) is 0 Å². The molecule has 18 heavy (non-hydrogen) atoms. The van der Waals surface area contributed by atoms with Gasteiger partial charge in [0.15, 0.2) is 0 Å². The standard InChI is InChI=1S/Mn.Ni.3H2O4S.Zn/c;;3*1-5(2,3)4;/h;;3*(H2,1,2,3,4);/q2*+2;;;;+2/p-6. The zero-order valence-corrected chi connectivity index (χ0v) is 15.1. The molecule has 0 rings (SSSR count). The van der Waals surface area contributed by atoms with E-state index in [0.29, 0.717) is 0 Å². The van der Waals surface area contributed by atoms with Crippen molar-refractivity contribution in [2.24, 2.45) is 0 Å². The van der Waals surface area contributed by atoms with Gasteiger partial charge in [0.1, 0.15) is 0 Å². The zero-order chi connectivity index (χ0) is 13.5. The fourth-order valence-corrected chi connectivity index (χ4v) is 0. The van der Waals surface area contributed by atoms with Gasteiger partial charge in [0.05, 0.1) is 0 Å². The van der Waals surface area contributed by atoms with Crippen LogP contribution in [0.5, 0.6) is 0 Å². The predicted octanol–water partition coefficient (Wildman–Crippen LogP) is -4.02. The van der Waals surface area contributed by atoms with Gasteiger partial charge in [-0.2, -0.15) is 0 Å². The van der Waals surface area contributed by atoms with Gasteiger partial charge in [-0.05, 0) is 0 Å². The SMILES string of the molecule is O=S(=O)([O-])[O-].O=S(=O)([O-])[O-].O=S(=O)([O-])[O-].[Mn+2].[Ni+2].[Zn+2]. The van der Waals surface area contributed by atoms with E-state index < -0.39 is 31.2 Å². The Balaban J connectivity index is -0.0000000277. The smallest absolute Gasteiger partial charge is 0.759 e. The summed E-state index contributed by atoms with van der Waals surface area (Å²) in [4.78, 5) is 0. The second-order valence-electron chi connectivity index (χ2n) is 1.22. The van der Waals surface area contributed by atoms with Gasteiger partial charge in [-0.15, -0.1) is 0 Å². The van der Waals surface area contributed by atoms with Gasteiger partial charge < -0.3 is 27.3 Å². The monoisotopic (exact) mass is 465 g/mol. The third kappa shape index (κ3) is 2930. The summed E-state index contributed by atoms with van der Waals surface area (Å²) in [5.74, 6) is 0. The average Bonchev–Trinajstić information content (AvgIpc) is 1.41. The Morgan fingerprint density at radius 2 is 0.500 bits per heavy atom. The first-order valence-electron chi connectivity index (χ1n) is 2.00. The Morgan fingerprint density at radius 1 is 0.500 bits per heavy atom. The van der Waals surface area contributed by atoms with Gasteiger partial charge in [-0.1, -0.05) is 0 Å². The van der Waals surface area contributed by atoms with Crippen LogP contribution >= 0.6 is 0 Å². The van der Waals surface area contributed by atoms with Crippen LogP contribution in [0, 0.1) is 0 Å². The molecule has 18 heteroatoms. The minimum Gasteiger partial charge on any atom is -0.759 e. The second kappa shape index (κ2) is 14.7. The molecule has 0 amide bonds. The van der Waals surface area contributed by atoms with E-state index in [2.05, 4.69) is 0 Å². The average molecular weight is 467 g/mol. The van der Waals surface area contributed by atoms with E-state index in [1.165, 1.54) is 0 Å². The van der Waals surface area contributed by atoms with E-state index in [-0.39, 0.29) is 53.0 Å². The van der Waals surface area contributed by atoms with Crippen LogP contribution in [-0.2, 0) is 84.2 Å². The third-order valence-electron chi connectivity index (χ3n) is 0. The fourth-order valence-electron chi connectivity index (χ4n) is 0. The summed E-state index contributed by atoms with van der Waals surface area (Å²) in [5.41, 5.74) is 0. The van der Waals surface area contributed by atoms with Crippen molar-refractivity contribution >= 4 is 31.2 Å². The van der Waals surface area contributed by atoms with Gasteiger partial charge in [0.2, 0.25) is 0 Å². The van der Waals surface area contributed by atoms with Crippen molar-refractivity contribution in [3.63, 3.8) is 0 Å². The van der Waals surface area contributed by atoms with Crippen molar-refractivity contribution < 1.29 is 106 Å². The minimum atomic E-state index is -5.17. The van der Waals surface area contributed by atoms with Crippen molar-refractivity contribution in [1.82, 2.24) is 0 Å². The quantitative estimate of drug-likeness (QED) is 0.188. The van der Waals surface area contributed by atoms with E-state index in [1.54, 1.807) is 0 Å². The summed E-state index contributed by atoms with van der Waals surface area (Å²) >= 11 is 0. The van der Waals surface area contributed by atoms with E-state index in [1.807, 2.05) is 0 Å². The molecule has 0 N–H and O–H groups in total. The van der Waals surface area contributed by atoms with Crippen LogP contribution in [0.1, 0.15) is 0 Å². The molecule has 0 aromatic rings. The predicted molar refractivity (Wildman–Crippen MR) is 31.4 cm³/mol. The first kappa shape index (κ1) is 36.5. The van der Waals surface area contributed by atoms with Gasteiger partial charge in [-0.3, -0.25) is 25.3 Å². The molecule has 0 saturated heterocycles. The molecular formula is MnNiO12S3Zn. The molecule has 12 nitrogen and oxygen atoms in total. The van der Waals surface area contributed by atoms with Crippen molar-refractivity contribution in [2.45, 2.75) is 0 Å². The molecule has 0 fully saturated rings. The molecule has 0 heterocycles. The Labute approximate surface area is 136 Å². The normalized spacial score (nSPS) is 9.67. The van der Waals surface area contributed by atoms with Crippen molar-refractivity contribution in [2.75, 3.05) is 0 Å². The largest absolute Gasteiger partial charge is 2.00 e. The molecular weight excluding hydrogens is 467 g/mol. The Bertz CT molecular complexity index is 348. The van der Waals surface area contributed by atoms with Gasteiger partial charge in [-0.25, -0.2) is 0 Å². The minimum absolute atomic E-state index is 0. The zero-order valence-electron chi connectivity index (χ0n) is 7.53. The number of hydrogen-bond donors (Lipinski definition) is 0. The van der Waals surface area contributed by atoms with E-state index in [4.69, 9.17) is 52.6 Å². The van der Waals surface area contributed by atoms with Crippen LogP contribution in [0.4, 0.5) is 0 Å². The molecule has 0 bridgehead atoms. The van der Waals surface area contributed by atoms with E-state index in [9.17, 15) is 0 Å². The maximum Gasteiger partial charge on any atom is 2.00 e. The van der Waals surface area contributed by atoms with Gasteiger partial charge >= 0.3 is 53.0 Å². The molecule has 0 spiro atoms. The molecule has 0 atom stereocenters. The number of hydrogen-bond acceptors (Lipinski definition) is 12. The van der Waals surface area contributed by atoms with E-state index in [0.717, 1.165) is 0 Å². The molecule has 0 unspecified atom stereocenters. The van der Waals surface area contributed by atoms with Crippen LogP contribution < -0.4 is 0 Å². The van der Waals surface area contributed by atoms with Crippen molar-refractivity contribution in [3.05, 3.63) is 0 Å². The summed E-state index contributed by atoms with van der Waals surface area (Å²) in [7, 11) is -15.5. The Morgan fingerprint density at radius 3 is 0.500 bits per heavy atom. The van der Waals surface area contributed by atoms with Crippen LogP contribution in [0.25, 0.3) is 0 Å². The molecule has 0 aliphatic carbocycles. The molecule has 109 valence electrons.